The molecule has 0 saturated carbocycles. The maximum Gasteiger partial charge on any atom is 0.265 e. The maximum atomic E-state index is 10.8. The lowest BCUT2D eigenvalue weighted by Crippen LogP contribution is -2.29. The number of carbonyl (C=O) groups excluding carboxylic acids is 1. The van der Waals surface area contributed by atoms with Crippen molar-refractivity contribution in [1.29, 1.82) is 0 Å². The number of rotatable bonds is 1. The van der Waals surface area contributed by atoms with Crippen molar-refractivity contribution in [3.05, 3.63) is 35.9 Å². The Morgan fingerprint density at radius 1 is 1.30 bits per heavy atom. The molecule has 0 heterocycles. The van der Waals surface area contributed by atoms with E-state index in [4.69, 9.17) is 5.84 Å². The highest BCUT2D eigenvalue weighted by atomic mass is 16.1. The number of amides is 1. The van der Waals surface area contributed by atoms with Crippen LogP contribution in [0.15, 0.2) is 30.3 Å². The van der Waals surface area contributed by atoms with E-state index < -0.39 is 0 Å². The normalized spacial score (nSPS) is 8.90. The molecular weight excluding hydrogens is 127 g/mol. The van der Waals surface area contributed by atoms with E-state index in [2.05, 4.69) is 0 Å². The quantitative estimate of drug-likeness (QED) is 0.330. The second-order valence-electron chi connectivity index (χ2n) is 1.84. The van der Waals surface area contributed by atoms with Gasteiger partial charge in [0.15, 0.2) is 0 Å². The van der Waals surface area contributed by atoms with Crippen LogP contribution in [0.25, 0.3) is 0 Å². The van der Waals surface area contributed by atoms with Crippen LogP contribution in [0.5, 0.6) is 0 Å². The van der Waals surface area contributed by atoms with Gasteiger partial charge in [0.25, 0.3) is 5.91 Å². The third kappa shape index (κ3) is 1.33. The van der Waals surface area contributed by atoms with E-state index in [0.29, 0.717) is 5.56 Å². The van der Waals surface area contributed by atoms with Crippen LogP contribution in [0.4, 0.5) is 0 Å². The monoisotopic (exact) mass is 135 g/mol. The average molecular weight is 135 g/mol. The van der Waals surface area contributed by atoms with Crippen LogP contribution >= 0.6 is 0 Å². The second kappa shape index (κ2) is 2.98. The first-order valence-corrected chi connectivity index (χ1v) is 2.90. The Morgan fingerprint density at radius 2 is 1.90 bits per heavy atom. The largest absolute Gasteiger partial charge is 0.290 e. The summed E-state index contributed by atoms with van der Waals surface area (Å²) in [6, 6.07) is 8.80. The van der Waals surface area contributed by atoms with Gasteiger partial charge >= 0.3 is 0 Å². The molecule has 0 unspecified atom stereocenters. The van der Waals surface area contributed by atoms with Gasteiger partial charge in [-0.2, -0.15) is 0 Å². The van der Waals surface area contributed by atoms with Crippen molar-refractivity contribution in [2.24, 2.45) is 5.84 Å². The first-order valence-electron chi connectivity index (χ1n) is 2.90. The Balaban J connectivity index is 2.85. The fourth-order valence-electron chi connectivity index (χ4n) is 0.673. The molecule has 1 aromatic carbocycles. The lowest BCUT2D eigenvalue weighted by Gasteiger charge is -1.95. The Bertz CT molecular complexity index is 220. The fraction of sp³-hybridized carbons (Fsp3) is 0. The van der Waals surface area contributed by atoms with E-state index in [-0.39, 0.29) is 5.91 Å². The van der Waals surface area contributed by atoms with Gasteiger partial charge in [-0.25, -0.2) is 5.84 Å². The van der Waals surface area contributed by atoms with Gasteiger partial charge in [0.05, 0.1) is 0 Å². The highest BCUT2D eigenvalue weighted by Crippen LogP contribution is 1.95. The van der Waals surface area contributed by atoms with Crippen LogP contribution in [0.1, 0.15) is 10.4 Å². The van der Waals surface area contributed by atoms with Gasteiger partial charge in [-0.3, -0.25) is 10.2 Å². The molecule has 0 fully saturated rings. The van der Waals surface area contributed by atoms with Crippen LogP contribution in [-0.2, 0) is 0 Å². The number of nitrogen functional groups attached to an aromatic ring is 1. The molecule has 3 heteroatoms. The summed E-state index contributed by atoms with van der Waals surface area (Å²) in [6.07, 6.45) is 0. The van der Waals surface area contributed by atoms with Crippen LogP contribution in [0, 0.1) is 0 Å². The predicted molar refractivity (Wildman–Crippen MR) is 38.1 cm³/mol. The Kier molecular flexibility index (Phi) is 2.02. The van der Waals surface area contributed by atoms with Crippen molar-refractivity contribution >= 4 is 5.91 Å². The molecule has 0 saturated heterocycles. The zero-order chi connectivity index (χ0) is 7.40. The summed E-state index contributed by atoms with van der Waals surface area (Å²) in [5.74, 6) is 4.64. The molecule has 0 atom stereocenters. The van der Waals surface area contributed by atoms with E-state index in [1.54, 1.807) is 24.3 Å². The third-order valence-electron chi connectivity index (χ3n) is 1.17. The number of carbonyl (C=O) groups is 1. The molecule has 52 valence electrons. The lowest BCUT2D eigenvalue weighted by molar-refractivity contribution is 0.0953. The molecule has 0 aliphatic rings. The summed E-state index contributed by atoms with van der Waals surface area (Å²) in [7, 11) is 0. The summed E-state index contributed by atoms with van der Waals surface area (Å²) in [5, 5.41) is 0. The van der Waals surface area contributed by atoms with Crippen LogP contribution < -0.4 is 11.3 Å². The number of benzene rings is 1. The predicted octanol–water partition coefficient (Wildman–Crippen LogP) is 0.290. The molecule has 0 bridgehead atoms. The number of hydrogen-bond acceptors (Lipinski definition) is 2. The van der Waals surface area contributed by atoms with Crippen molar-refractivity contribution < 1.29 is 4.79 Å². The van der Waals surface area contributed by atoms with E-state index in [1.165, 1.54) is 0 Å². The second-order valence-corrected chi connectivity index (χ2v) is 1.84. The van der Waals surface area contributed by atoms with Crippen molar-refractivity contribution in [3.63, 3.8) is 0 Å². The summed E-state index contributed by atoms with van der Waals surface area (Å²) < 4.78 is 0. The number of hydrazine groups is 1. The maximum absolute atomic E-state index is 10.8. The zero-order valence-electron chi connectivity index (χ0n) is 5.37. The number of hydrogen-bond donors (Lipinski definition) is 2. The smallest absolute Gasteiger partial charge is 0.265 e. The van der Waals surface area contributed by atoms with Crippen molar-refractivity contribution in [2.45, 2.75) is 0 Å². The summed E-state index contributed by atoms with van der Waals surface area (Å²) in [6.45, 7) is 0. The molecule has 1 aromatic rings. The zero-order valence-corrected chi connectivity index (χ0v) is 5.37. The average Bonchev–Trinajstić information content (AvgIpc) is 2.05. The van der Waals surface area contributed by atoms with Gasteiger partial charge in [0, 0.05) is 5.56 Å². The topological polar surface area (TPSA) is 55.1 Å². The summed E-state index contributed by atoms with van der Waals surface area (Å²) in [4.78, 5) is 10.8. The molecule has 3 N–H and O–H groups in total. The van der Waals surface area contributed by atoms with Gasteiger partial charge < -0.3 is 0 Å². The minimum Gasteiger partial charge on any atom is -0.290 e. The van der Waals surface area contributed by atoms with Gasteiger partial charge in [0.2, 0.25) is 0 Å². The summed E-state index contributed by atoms with van der Waals surface area (Å²) >= 11 is 0. The molecular formula is C7H8N2O. The number of nitrogens with two attached hydrogens (primary N) is 1. The Morgan fingerprint density at radius 3 is 2.40 bits per heavy atom. The minimum absolute atomic E-state index is 0.263. The molecule has 1 rings (SSSR count). The van der Waals surface area contributed by atoms with Crippen LogP contribution in [0.3, 0.4) is 0 Å². The van der Waals surface area contributed by atoms with Gasteiger partial charge in [-0.05, 0) is 12.1 Å². The molecule has 0 radical (unpaired) electrons. The van der Waals surface area contributed by atoms with Crippen molar-refractivity contribution in [1.82, 2.24) is 5.43 Å². The molecule has 10 heavy (non-hydrogen) atoms. The van der Waals surface area contributed by atoms with Gasteiger partial charge in [-0.15, -0.1) is 0 Å². The Labute approximate surface area is 58.8 Å². The van der Waals surface area contributed by atoms with E-state index in [1.807, 2.05) is 11.5 Å². The fourth-order valence-corrected chi connectivity index (χ4v) is 0.673. The Hall–Kier alpha value is -1.35. The molecule has 0 aliphatic heterocycles. The molecule has 1 amide bonds. The first-order chi connectivity index (χ1) is 4.84. The lowest BCUT2D eigenvalue weighted by atomic mass is 9.90. The molecule has 0 spiro atoms. The van der Waals surface area contributed by atoms with Gasteiger partial charge in [0.1, 0.15) is 0 Å². The van der Waals surface area contributed by atoms with E-state index in [9.17, 15) is 4.79 Å². The van der Waals surface area contributed by atoms with Crippen molar-refractivity contribution in [3.8, 4) is 0 Å². The standard InChI is InChI=1S/C7H8N2O/c8-9-7(10)6-4-2-1-3-5-6/h1-5H,8H2,(H,9,10)/i7-1. The highest BCUT2D eigenvalue weighted by Gasteiger charge is 1.98. The first kappa shape index (κ1) is 6.77. The van der Waals surface area contributed by atoms with Crippen molar-refractivity contribution in [2.75, 3.05) is 0 Å². The van der Waals surface area contributed by atoms with E-state index in [0.717, 1.165) is 0 Å². The third-order valence-corrected chi connectivity index (χ3v) is 1.17. The minimum atomic E-state index is -0.263. The molecule has 0 aromatic heterocycles. The summed E-state index contributed by atoms with van der Waals surface area (Å²) in [5.41, 5.74) is 2.62. The van der Waals surface area contributed by atoms with Crippen LogP contribution in [-0.4, -0.2) is 5.91 Å². The molecule has 3 nitrogen and oxygen atoms in total. The SMILES string of the molecule is NN[11C](=O)c1ccccc1. The van der Waals surface area contributed by atoms with Crippen LogP contribution in [0.2, 0.25) is 0 Å². The van der Waals surface area contributed by atoms with Gasteiger partial charge in [-0.1, -0.05) is 18.2 Å². The number of nitrogens with one attached hydrogen (secondary N) is 1. The van der Waals surface area contributed by atoms with E-state index >= 15 is 0 Å². The molecule has 0 aliphatic carbocycles. The highest BCUT2D eigenvalue weighted by molar-refractivity contribution is 5.93.